The van der Waals surface area contributed by atoms with Crippen LogP contribution in [0.2, 0.25) is 0 Å². The Morgan fingerprint density at radius 1 is 1.69 bits per heavy atom. The van der Waals surface area contributed by atoms with Crippen LogP contribution < -0.4 is 5.32 Å². The Kier molecular flexibility index (Phi) is 4.46. The van der Waals surface area contributed by atoms with Crippen LogP contribution in [-0.4, -0.2) is 34.5 Å². The average molecular weight is 216 g/mol. The van der Waals surface area contributed by atoms with Gasteiger partial charge in [0.05, 0.1) is 11.3 Å². The van der Waals surface area contributed by atoms with E-state index in [0.29, 0.717) is 0 Å². The number of thioether (sulfide) groups is 2. The number of amides is 1. The minimum Gasteiger partial charge on any atom is -0.340 e. The third-order valence-electron chi connectivity index (χ3n) is 1.66. The normalized spacial score (nSPS) is 24.5. The van der Waals surface area contributed by atoms with Crippen LogP contribution in [0.1, 0.15) is 6.92 Å². The molecule has 1 saturated heterocycles. The van der Waals surface area contributed by atoms with Crippen LogP contribution >= 0.6 is 23.5 Å². The first-order chi connectivity index (χ1) is 6.24. The molecule has 1 amide bonds. The summed E-state index contributed by atoms with van der Waals surface area (Å²) in [7, 11) is 0. The number of nitriles is 1. The second-order valence-corrected chi connectivity index (χ2v) is 5.25. The molecule has 0 bridgehead atoms. The predicted octanol–water partition coefficient (Wildman–Crippen LogP) is 0.863. The summed E-state index contributed by atoms with van der Waals surface area (Å²) in [6, 6.07) is 1.61. The Balaban J connectivity index is 2.34. The highest BCUT2D eigenvalue weighted by molar-refractivity contribution is 8.07. The average Bonchev–Trinajstić information content (AvgIpc) is 2.19. The number of rotatable bonds is 2. The highest BCUT2D eigenvalue weighted by Crippen LogP contribution is 2.23. The standard InChI is InChI=1S/C8H12N2OS2/c1-6(4-9)10-8(11)7-5-12-2-3-13-7/h6-7H,2-3,5H2,1H3,(H,10,11)/t6-,7?/m1/s1. The van der Waals surface area contributed by atoms with Crippen molar-refractivity contribution in [2.45, 2.75) is 18.2 Å². The number of nitrogens with zero attached hydrogens (tertiary/aromatic N) is 1. The molecular weight excluding hydrogens is 204 g/mol. The lowest BCUT2D eigenvalue weighted by Gasteiger charge is -2.20. The van der Waals surface area contributed by atoms with E-state index in [1.807, 2.05) is 6.07 Å². The molecule has 13 heavy (non-hydrogen) atoms. The molecule has 0 aliphatic carbocycles. The van der Waals surface area contributed by atoms with Crippen molar-refractivity contribution in [3.8, 4) is 6.07 Å². The zero-order chi connectivity index (χ0) is 9.68. The van der Waals surface area contributed by atoms with E-state index in [9.17, 15) is 4.79 Å². The maximum atomic E-state index is 11.5. The van der Waals surface area contributed by atoms with Gasteiger partial charge in [-0.25, -0.2) is 0 Å². The maximum absolute atomic E-state index is 11.5. The lowest BCUT2D eigenvalue weighted by molar-refractivity contribution is -0.120. The van der Waals surface area contributed by atoms with Gasteiger partial charge in [-0.2, -0.15) is 17.0 Å². The maximum Gasteiger partial charge on any atom is 0.234 e. The van der Waals surface area contributed by atoms with Crippen LogP contribution in [0.25, 0.3) is 0 Å². The van der Waals surface area contributed by atoms with Crippen molar-refractivity contribution in [2.24, 2.45) is 0 Å². The van der Waals surface area contributed by atoms with Crippen LogP contribution in [0.5, 0.6) is 0 Å². The number of nitrogens with one attached hydrogen (secondary N) is 1. The van der Waals surface area contributed by atoms with Gasteiger partial charge in [-0.05, 0) is 6.92 Å². The largest absolute Gasteiger partial charge is 0.340 e. The summed E-state index contributed by atoms with van der Waals surface area (Å²) in [6.07, 6.45) is 0. The molecule has 72 valence electrons. The fourth-order valence-corrected chi connectivity index (χ4v) is 3.54. The Labute approximate surface area is 86.6 Å². The molecule has 0 radical (unpaired) electrons. The van der Waals surface area contributed by atoms with Crippen molar-refractivity contribution < 1.29 is 4.79 Å². The monoisotopic (exact) mass is 216 g/mol. The first-order valence-corrected chi connectivity index (χ1v) is 6.33. The number of hydrogen-bond donors (Lipinski definition) is 1. The molecule has 1 unspecified atom stereocenters. The first kappa shape index (κ1) is 10.7. The van der Waals surface area contributed by atoms with Crippen molar-refractivity contribution in [3.05, 3.63) is 0 Å². The van der Waals surface area contributed by atoms with Gasteiger partial charge in [0.15, 0.2) is 0 Å². The van der Waals surface area contributed by atoms with E-state index >= 15 is 0 Å². The molecule has 5 heteroatoms. The molecule has 3 nitrogen and oxygen atoms in total. The topological polar surface area (TPSA) is 52.9 Å². The highest BCUT2D eigenvalue weighted by Gasteiger charge is 2.22. The zero-order valence-corrected chi connectivity index (χ0v) is 9.08. The van der Waals surface area contributed by atoms with Crippen molar-refractivity contribution in [1.82, 2.24) is 5.32 Å². The van der Waals surface area contributed by atoms with Crippen molar-refractivity contribution in [1.29, 1.82) is 5.26 Å². The molecule has 0 saturated carbocycles. The summed E-state index contributed by atoms with van der Waals surface area (Å²) in [4.78, 5) is 11.5. The Morgan fingerprint density at radius 3 is 3.00 bits per heavy atom. The van der Waals surface area contributed by atoms with E-state index in [-0.39, 0.29) is 17.2 Å². The van der Waals surface area contributed by atoms with Gasteiger partial charge in [0.1, 0.15) is 6.04 Å². The van der Waals surface area contributed by atoms with Crippen molar-refractivity contribution in [3.63, 3.8) is 0 Å². The molecule has 0 aromatic carbocycles. The summed E-state index contributed by atoms with van der Waals surface area (Å²) in [5, 5.41) is 11.2. The third-order valence-corrected chi connectivity index (χ3v) is 4.41. The van der Waals surface area contributed by atoms with Crippen LogP contribution in [0.4, 0.5) is 0 Å². The Hall–Kier alpha value is -0.340. The van der Waals surface area contributed by atoms with Crippen molar-refractivity contribution in [2.75, 3.05) is 17.3 Å². The number of carbonyl (C=O) groups excluding carboxylic acids is 1. The van der Waals surface area contributed by atoms with Gasteiger partial charge in [0, 0.05) is 17.3 Å². The van der Waals surface area contributed by atoms with Gasteiger partial charge in [0.25, 0.3) is 0 Å². The SMILES string of the molecule is C[C@H](C#N)NC(=O)C1CSCCS1. The van der Waals surface area contributed by atoms with Gasteiger partial charge in [-0.3, -0.25) is 4.79 Å². The Bertz CT molecular complexity index is 221. The lowest BCUT2D eigenvalue weighted by Crippen LogP contribution is -2.40. The molecule has 0 spiro atoms. The van der Waals surface area contributed by atoms with E-state index < -0.39 is 0 Å². The molecule has 1 aliphatic rings. The van der Waals surface area contributed by atoms with E-state index in [1.165, 1.54) is 0 Å². The molecule has 1 fully saturated rings. The van der Waals surface area contributed by atoms with Crippen LogP contribution in [0, 0.1) is 11.3 Å². The van der Waals surface area contributed by atoms with Gasteiger partial charge in [-0.15, -0.1) is 11.8 Å². The first-order valence-electron chi connectivity index (χ1n) is 4.13. The quantitative estimate of drug-likeness (QED) is 0.744. The summed E-state index contributed by atoms with van der Waals surface area (Å²) in [6.45, 7) is 1.69. The molecule has 0 aromatic heterocycles. The van der Waals surface area contributed by atoms with Crippen LogP contribution in [0.15, 0.2) is 0 Å². The summed E-state index contributed by atoms with van der Waals surface area (Å²) in [5.74, 6) is 3.03. The van der Waals surface area contributed by atoms with Gasteiger partial charge < -0.3 is 5.32 Å². The molecular formula is C8H12N2OS2. The minimum absolute atomic E-state index is 0.00579. The summed E-state index contributed by atoms with van der Waals surface area (Å²) < 4.78 is 0. The smallest absolute Gasteiger partial charge is 0.234 e. The molecule has 1 N–H and O–H groups in total. The second kappa shape index (κ2) is 5.40. The minimum atomic E-state index is -0.375. The molecule has 2 atom stereocenters. The van der Waals surface area contributed by atoms with E-state index in [0.717, 1.165) is 17.3 Å². The third kappa shape index (κ3) is 3.49. The lowest BCUT2D eigenvalue weighted by atomic mass is 10.3. The van der Waals surface area contributed by atoms with Gasteiger partial charge in [-0.1, -0.05) is 0 Å². The van der Waals surface area contributed by atoms with E-state index in [4.69, 9.17) is 5.26 Å². The van der Waals surface area contributed by atoms with E-state index in [1.54, 1.807) is 30.4 Å². The van der Waals surface area contributed by atoms with Crippen LogP contribution in [0.3, 0.4) is 0 Å². The fourth-order valence-electron chi connectivity index (χ4n) is 0.978. The molecule has 1 aliphatic heterocycles. The fraction of sp³-hybridized carbons (Fsp3) is 0.750. The highest BCUT2D eigenvalue weighted by atomic mass is 32.2. The zero-order valence-electron chi connectivity index (χ0n) is 7.45. The van der Waals surface area contributed by atoms with E-state index in [2.05, 4.69) is 5.32 Å². The predicted molar refractivity (Wildman–Crippen MR) is 56.8 cm³/mol. The second-order valence-electron chi connectivity index (χ2n) is 2.79. The van der Waals surface area contributed by atoms with Crippen molar-refractivity contribution >= 4 is 29.4 Å². The summed E-state index contributed by atoms with van der Waals surface area (Å²) in [5.41, 5.74) is 0. The Morgan fingerprint density at radius 2 is 2.46 bits per heavy atom. The van der Waals surface area contributed by atoms with Gasteiger partial charge in [0.2, 0.25) is 5.91 Å². The number of hydrogen-bond acceptors (Lipinski definition) is 4. The van der Waals surface area contributed by atoms with Crippen LogP contribution in [-0.2, 0) is 4.79 Å². The van der Waals surface area contributed by atoms with Gasteiger partial charge >= 0.3 is 0 Å². The molecule has 1 rings (SSSR count). The number of carbonyl (C=O) groups is 1. The molecule has 0 aromatic rings. The summed E-state index contributed by atoms with van der Waals surface area (Å²) >= 11 is 3.48. The molecule has 1 heterocycles.